The topological polar surface area (TPSA) is 76.3 Å². The number of fused-ring (bicyclic) bond motifs is 1. The number of carbonyl (C=O) groups excluding carboxylic acids is 1. The first-order valence-electron chi connectivity index (χ1n) is 8.12. The molecule has 0 spiro atoms. The lowest BCUT2D eigenvalue weighted by molar-refractivity contribution is 0.0949. The van der Waals surface area contributed by atoms with Crippen LogP contribution in [-0.4, -0.2) is 21.9 Å². The number of benzene rings is 2. The summed E-state index contributed by atoms with van der Waals surface area (Å²) in [5.74, 6) is -11.7. The lowest BCUT2D eigenvalue weighted by atomic mass is 10.1. The number of nitrogens with one attached hydrogen (secondary N) is 1. The minimum absolute atomic E-state index is 0.164. The summed E-state index contributed by atoms with van der Waals surface area (Å²) in [7, 11) is 0. The van der Waals surface area contributed by atoms with Crippen molar-refractivity contribution in [3.63, 3.8) is 0 Å². The normalized spacial score (nSPS) is 11.4. The van der Waals surface area contributed by atoms with Gasteiger partial charge in [-0.2, -0.15) is 10.2 Å². The molecule has 0 radical (unpaired) electrons. The van der Waals surface area contributed by atoms with Crippen LogP contribution in [0.25, 0.3) is 10.8 Å². The quantitative estimate of drug-likeness (QED) is 0.236. The van der Waals surface area contributed by atoms with Gasteiger partial charge in [-0.15, -0.1) is 0 Å². The van der Waals surface area contributed by atoms with E-state index < -0.39 is 46.1 Å². The zero-order chi connectivity index (χ0) is 21.3. The SMILES string of the molecule is CCn1nc(C(=O)N/N=C\c2c(F)c(F)c(F)c(F)c2F)c2ccccc2c1=O. The third-order valence-corrected chi connectivity index (χ3v) is 3.99. The van der Waals surface area contributed by atoms with E-state index in [9.17, 15) is 31.5 Å². The highest BCUT2D eigenvalue weighted by atomic mass is 19.2. The van der Waals surface area contributed by atoms with Crippen LogP contribution in [-0.2, 0) is 6.54 Å². The van der Waals surface area contributed by atoms with Crippen molar-refractivity contribution in [3.8, 4) is 0 Å². The number of hydrazone groups is 1. The summed E-state index contributed by atoms with van der Waals surface area (Å²) in [5, 5.41) is 7.58. The van der Waals surface area contributed by atoms with Gasteiger partial charge in [-0.25, -0.2) is 32.1 Å². The molecule has 1 aromatic heterocycles. The summed E-state index contributed by atoms with van der Waals surface area (Å²) in [6, 6.07) is 6.11. The summed E-state index contributed by atoms with van der Waals surface area (Å²) in [6.45, 7) is 1.80. The van der Waals surface area contributed by atoms with Gasteiger partial charge in [0.05, 0.1) is 17.2 Å². The van der Waals surface area contributed by atoms with Gasteiger partial charge < -0.3 is 0 Å². The minimum atomic E-state index is -2.31. The number of rotatable bonds is 4. The van der Waals surface area contributed by atoms with Crippen LogP contribution >= 0.6 is 0 Å². The highest BCUT2D eigenvalue weighted by molar-refractivity contribution is 6.04. The second kappa shape index (κ2) is 7.78. The summed E-state index contributed by atoms with van der Waals surface area (Å²) in [6.07, 6.45) is 0.284. The second-order valence-electron chi connectivity index (χ2n) is 5.70. The fourth-order valence-electron chi connectivity index (χ4n) is 2.56. The number of aryl methyl sites for hydroxylation is 1. The lowest BCUT2D eigenvalue weighted by Crippen LogP contribution is -2.28. The van der Waals surface area contributed by atoms with Gasteiger partial charge in [-0.1, -0.05) is 18.2 Å². The van der Waals surface area contributed by atoms with Crippen LogP contribution in [0.3, 0.4) is 0 Å². The van der Waals surface area contributed by atoms with Crippen molar-refractivity contribution < 1.29 is 26.7 Å². The van der Waals surface area contributed by atoms with E-state index in [0.717, 1.165) is 4.68 Å². The summed E-state index contributed by atoms with van der Waals surface area (Å²) < 4.78 is 67.7. The maximum atomic E-state index is 13.6. The van der Waals surface area contributed by atoms with E-state index in [1.807, 2.05) is 5.43 Å². The molecule has 11 heteroatoms. The predicted molar refractivity (Wildman–Crippen MR) is 93.0 cm³/mol. The minimum Gasteiger partial charge on any atom is -0.267 e. The predicted octanol–water partition coefficient (Wildman–Crippen LogP) is 2.88. The van der Waals surface area contributed by atoms with Gasteiger partial charge >= 0.3 is 0 Å². The third kappa shape index (κ3) is 3.46. The van der Waals surface area contributed by atoms with E-state index in [0.29, 0.717) is 0 Å². The van der Waals surface area contributed by atoms with Crippen molar-refractivity contribution >= 4 is 22.9 Å². The number of amides is 1. The van der Waals surface area contributed by atoms with Crippen LogP contribution < -0.4 is 11.0 Å². The molecule has 0 atom stereocenters. The first-order chi connectivity index (χ1) is 13.8. The summed E-state index contributed by atoms with van der Waals surface area (Å²) in [4.78, 5) is 24.6. The molecule has 0 aliphatic heterocycles. The molecule has 150 valence electrons. The van der Waals surface area contributed by atoms with Gasteiger partial charge in [0.2, 0.25) is 5.82 Å². The Morgan fingerprint density at radius 1 is 1.03 bits per heavy atom. The lowest BCUT2D eigenvalue weighted by Gasteiger charge is -2.08. The molecule has 0 saturated heterocycles. The number of carbonyl (C=O) groups is 1. The van der Waals surface area contributed by atoms with Gasteiger partial charge in [0, 0.05) is 11.9 Å². The molecule has 0 aliphatic carbocycles. The van der Waals surface area contributed by atoms with Crippen LogP contribution in [0.5, 0.6) is 0 Å². The fraction of sp³-hybridized carbons (Fsp3) is 0.111. The van der Waals surface area contributed by atoms with Crippen LogP contribution in [0.15, 0.2) is 34.2 Å². The molecule has 0 fully saturated rings. The summed E-state index contributed by atoms with van der Waals surface area (Å²) in [5.41, 5.74) is -0.0601. The summed E-state index contributed by atoms with van der Waals surface area (Å²) >= 11 is 0. The number of hydrogen-bond donors (Lipinski definition) is 1. The van der Waals surface area contributed by atoms with Crippen molar-refractivity contribution in [3.05, 3.63) is 75.0 Å². The van der Waals surface area contributed by atoms with Crippen LogP contribution in [0.2, 0.25) is 0 Å². The Bertz CT molecular complexity index is 1190. The number of halogens is 5. The van der Waals surface area contributed by atoms with Crippen molar-refractivity contribution in [2.24, 2.45) is 5.10 Å². The van der Waals surface area contributed by atoms with E-state index in [1.54, 1.807) is 19.1 Å². The third-order valence-electron chi connectivity index (χ3n) is 3.99. The molecule has 3 rings (SSSR count). The smallest absolute Gasteiger partial charge is 0.267 e. The van der Waals surface area contributed by atoms with E-state index in [4.69, 9.17) is 0 Å². The first kappa shape index (κ1) is 20.1. The van der Waals surface area contributed by atoms with E-state index in [2.05, 4.69) is 10.2 Å². The maximum Gasteiger partial charge on any atom is 0.292 e. The van der Waals surface area contributed by atoms with Crippen LogP contribution in [0, 0.1) is 29.1 Å². The van der Waals surface area contributed by atoms with E-state index >= 15 is 0 Å². The molecule has 0 bridgehead atoms. The molecule has 2 aromatic carbocycles. The Morgan fingerprint density at radius 2 is 1.59 bits per heavy atom. The molecule has 0 aliphatic rings. The van der Waals surface area contributed by atoms with Crippen LogP contribution in [0.1, 0.15) is 23.0 Å². The molecule has 0 unspecified atom stereocenters. The first-order valence-corrected chi connectivity index (χ1v) is 8.12. The van der Waals surface area contributed by atoms with Gasteiger partial charge in [0.15, 0.2) is 29.0 Å². The zero-order valence-corrected chi connectivity index (χ0v) is 14.6. The number of hydrogen-bond acceptors (Lipinski definition) is 4. The fourth-order valence-corrected chi connectivity index (χ4v) is 2.56. The molecule has 0 saturated carbocycles. The Labute approximate surface area is 159 Å². The zero-order valence-electron chi connectivity index (χ0n) is 14.6. The van der Waals surface area contributed by atoms with Gasteiger partial charge in [-0.3, -0.25) is 9.59 Å². The highest BCUT2D eigenvalue weighted by Gasteiger charge is 2.24. The largest absolute Gasteiger partial charge is 0.292 e. The van der Waals surface area contributed by atoms with E-state index in [-0.39, 0.29) is 29.2 Å². The Balaban J connectivity index is 1.97. The van der Waals surface area contributed by atoms with Crippen LogP contribution in [0.4, 0.5) is 22.0 Å². The maximum absolute atomic E-state index is 13.6. The Kier molecular flexibility index (Phi) is 5.39. The molecular formula is C18H11F5N4O2. The molecular weight excluding hydrogens is 399 g/mol. The average Bonchev–Trinajstić information content (AvgIpc) is 2.73. The Hall–Kier alpha value is -3.63. The molecule has 1 heterocycles. The van der Waals surface area contributed by atoms with Gasteiger partial charge in [0.25, 0.3) is 11.5 Å². The van der Waals surface area contributed by atoms with Gasteiger partial charge in [0.1, 0.15) is 0 Å². The number of aromatic nitrogens is 2. The second-order valence-corrected chi connectivity index (χ2v) is 5.70. The molecule has 1 N–H and O–H groups in total. The molecule has 29 heavy (non-hydrogen) atoms. The average molecular weight is 410 g/mol. The monoisotopic (exact) mass is 410 g/mol. The molecule has 3 aromatic rings. The van der Waals surface area contributed by atoms with Crippen molar-refractivity contribution in [1.29, 1.82) is 0 Å². The van der Waals surface area contributed by atoms with Crippen molar-refractivity contribution in [1.82, 2.24) is 15.2 Å². The molecule has 1 amide bonds. The van der Waals surface area contributed by atoms with E-state index in [1.165, 1.54) is 12.1 Å². The standard InChI is InChI=1S/C18H11F5N4O2/c1-2-27-18(29)9-6-4-3-5-8(9)16(26-27)17(28)25-24-7-10-11(19)13(21)15(23)14(22)12(10)20/h3-7H,2H2,1H3,(H,25,28)/b24-7-. The highest BCUT2D eigenvalue weighted by Crippen LogP contribution is 2.21. The Morgan fingerprint density at radius 3 is 2.17 bits per heavy atom. The molecule has 6 nitrogen and oxygen atoms in total. The number of nitrogens with zero attached hydrogens (tertiary/aromatic N) is 3. The van der Waals surface area contributed by atoms with Crippen molar-refractivity contribution in [2.75, 3.05) is 0 Å². The van der Waals surface area contributed by atoms with Gasteiger partial charge in [-0.05, 0) is 13.0 Å². The van der Waals surface area contributed by atoms with Crippen molar-refractivity contribution in [2.45, 2.75) is 13.5 Å².